The molecule has 0 fully saturated rings. The maximum atomic E-state index is 8.12. The van der Waals surface area contributed by atoms with E-state index in [0.29, 0.717) is 0 Å². The summed E-state index contributed by atoms with van der Waals surface area (Å²) in [5.41, 5.74) is 16.1. The third-order valence-electron chi connectivity index (χ3n) is 4.86. The maximum Gasteiger partial charge on any atom is 0.373 e. The van der Waals surface area contributed by atoms with Gasteiger partial charge in [-0.1, -0.05) is 6.92 Å². The Bertz CT molecular complexity index is 1150. The molecule has 168 valence electrons. The molecule has 0 amide bonds. The lowest BCUT2D eigenvalue weighted by Crippen LogP contribution is -1.94. The Morgan fingerprint density at radius 1 is 0.871 bits per heavy atom. The quantitative estimate of drug-likeness (QED) is 0.360. The number of aromatic nitrogens is 4. The molecule has 0 unspecified atom stereocenters. The van der Waals surface area contributed by atoms with Gasteiger partial charge in [-0.15, -0.1) is 34.0 Å². The second-order valence-electron chi connectivity index (χ2n) is 7.04. The van der Waals surface area contributed by atoms with Crippen molar-refractivity contribution in [3.8, 4) is 0 Å². The van der Waals surface area contributed by atoms with Crippen molar-refractivity contribution in [1.29, 1.82) is 0 Å². The molecule has 0 atom stereocenters. The first-order valence-electron chi connectivity index (χ1n) is 9.38. The van der Waals surface area contributed by atoms with Gasteiger partial charge in [0.25, 0.3) is 0 Å². The molecule has 0 radical (unpaired) electrons. The van der Waals surface area contributed by atoms with Crippen LogP contribution in [0.3, 0.4) is 0 Å². The summed E-state index contributed by atoms with van der Waals surface area (Å²) in [7, 11) is 0. The van der Waals surface area contributed by atoms with Crippen molar-refractivity contribution < 1.29 is 9.59 Å². The molecule has 0 aliphatic carbocycles. The summed E-state index contributed by atoms with van der Waals surface area (Å²) in [4.78, 5) is 16.2. The lowest BCUT2D eigenvalue weighted by molar-refractivity contribution is -0.191. The summed E-state index contributed by atoms with van der Waals surface area (Å²) < 4.78 is 3.84. The Hall–Kier alpha value is -2.48. The van der Waals surface area contributed by atoms with E-state index in [0.717, 1.165) is 34.6 Å². The minimum absolute atomic E-state index is 0. The van der Waals surface area contributed by atoms with E-state index in [1.54, 1.807) is 0 Å². The van der Waals surface area contributed by atoms with Gasteiger partial charge in [0.15, 0.2) is 0 Å². The van der Waals surface area contributed by atoms with E-state index in [-0.39, 0.29) is 40.1 Å². The standard InChI is InChI=1S/C12H16N2.C9H11N3.CO2.2BrH/c1-5-11-10(4)13-14-7-9(3)8(2)6-12(11)14;1-6-5-12-8(4-9(6)10)3-7(2)11-12;2-1-3;;/h6-7H,5H2,1-4H3;3-5H,10H2,1-2H3;;2*1H. The summed E-state index contributed by atoms with van der Waals surface area (Å²) in [5, 5.41) is 8.78. The molecule has 4 aromatic rings. The number of anilines is 1. The van der Waals surface area contributed by atoms with E-state index in [9.17, 15) is 0 Å². The van der Waals surface area contributed by atoms with Gasteiger partial charge in [-0.3, -0.25) is 0 Å². The van der Waals surface area contributed by atoms with Crippen molar-refractivity contribution in [2.45, 2.75) is 48.0 Å². The minimum atomic E-state index is 0. The number of aryl methyl sites for hydroxylation is 6. The highest BCUT2D eigenvalue weighted by Gasteiger charge is 2.08. The van der Waals surface area contributed by atoms with Gasteiger partial charge < -0.3 is 5.73 Å². The van der Waals surface area contributed by atoms with Crippen molar-refractivity contribution in [3.05, 3.63) is 64.2 Å². The molecule has 0 bridgehead atoms. The van der Waals surface area contributed by atoms with Crippen molar-refractivity contribution in [2.75, 3.05) is 5.73 Å². The van der Waals surface area contributed by atoms with Crippen LogP contribution >= 0.6 is 34.0 Å². The fourth-order valence-electron chi connectivity index (χ4n) is 3.17. The molecular formula is C22H29Br2N5O2. The van der Waals surface area contributed by atoms with Crippen LogP contribution in [0, 0.1) is 34.6 Å². The van der Waals surface area contributed by atoms with Crippen molar-refractivity contribution >= 4 is 56.8 Å². The Morgan fingerprint density at radius 2 is 1.45 bits per heavy atom. The Balaban J connectivity index is 0.000000491. The molecule has 4 rings (SSSR count). The lowest BCUT2D eigenvalue weighted by Gasteiger charge is -2.01. The molecule has 4 aromatic heterocycles. The molecular weight excluding hydrogens is 526 g/mol. The van der Waals surface area contributed by atoms with Crippen LogP contribution in [0.5, 0.6) is 0 Å². The van der Waals surface area contributed by atoms with Crippen molar-refractivity contribution in [1.82, 2.24) is 19.2 Å². The predicted octanol–water partition coefficient (Wildman–Crippen LogP) is 4.93. The van der Waals surface area contributed by atoms with E-state index < -0.39 is 0 Å². The van der Waals surface area contributed by atoms with Crippen LogP contribution in [-0.4, -0.2) is 25.4 Å². The summed E-state index contributed by atoms with van der Waals surface area (Å²) >= 11 is 0. The smallest absolute Gasteiger partial charge is 0.373 e. The molecule has 31 heavy (non-hydrogen) atoms. The average molecular weight is 555 g/mol. The van der Waals surface area contributed by atoms with Gasteiger partial charge in [0, 0.05) is 23.6 Å². The van der Waals surface area contributed by atoms with E-state index in [2.05, 4.69) is 50.2 Å². The zero-order chi connectivity index (χ0) is 21.7. The second kappa shape index (κ2) is 12.4. The van der Waals surface area contributed by atoms with Crippen molar-refractivity contribution in [2.24, 2.45) is 0 Å². The number of hydrogen-bond acceptors (Lipinski definition) is 5. The third kappa shape index (κ3) is 6.75. The van der Waals surface area contributed by atoms with Gasteiger partial charge in [0.2, 0.25) is 0 Å². The number of hydrogen-bond donors (Lipinski definition) is 1. The molecule has 2 N–H and O–H groups in total. The van der Waals surface area contributed by atoms with E-state index in [1.807, 2.05) is 41.2 Å². The van der Waals surface area contributed by atoms with Crippen LogP contribution < -0.4 is 5.73 Å². The summed E-state index contributed by atoms with van der Waals surface area (Å²) in [6.07, 6.45) is 5.35. The topological polar surface area (TPSA) is 94.8 Å². The number of fused-ring (bicyclic) bond motifs is 2. The van der Waals surface area contributed by atoms with Crippen LogP contribution in [0.15, 0.2) is 30.6 Å². The zero-order valence-electron chi connectivity index (χ0n) is 18.6. The molecule has 4 heterocycles. The van der Waals surface area contributed by atoms with Gasteiger partial charge in [0.05, 0.1) is 22.4 Å². The monoisotopic (exact) mass is 553 g/mol. The number of rotatable bonds is 1. The van der Waals surface area contributed by atoms with E-state index in [1.165, 1.54) is 22.2 Å². The van der Waals surface area contributed by atoms with Crippen LogP contribution in [0.1, 0.15) is 40.6 Å². The van der Waals surface area contributed by atoms with E-state index in [4.69, 9.17) is 15.3 Å². The third-order valence-corrected chi connectivity index (χ3v) is 4.86. The van der Waals surface area contributed by atoms with Crippen LogP contribution in [0.4, 0.5) is 5.69 Å². The fraction of sp³-hybridized carbons (Fsp3) is 0.318. The van der Waals surface area contributed by atoms with Crippen LogP contribution in [-0.2, 0) is 16.0 Å². The molecule has 0 saturated carbocycles. The first kappa shape index (κ1) is 28.5. The Morgan fingerprint density at radius 3 is 2.03 bits per heavy atom. The molecule has 9 heteroatoms. The maximum absolute atomic E-state index is 8.12. The summed E-state index contributed by atoms with van der Waals surface area (Å²) in [6.45, 7) is 12.5. The van der Waals surface area contributed by atoms with Gasteiger partial charge in [-0.05, 0) is 75.9 Å². The number of carbonyl (C=O) groups excluding carboxylic acids is 2. The highest BCUT2D eigenvalue weighted by molar-refractivity contribution is 8.93. The predicted molar refractivity (Wildman–Crippen MR) is 134 cm³/mol. The second-order valence-corrected chi connectivity index (χ2v) is 7.04. The number of nitrogens with two attached hydrogens (primary N) is 1. The first-order chi connectivity index (χ1) is 13.7. The molecule has 0 spiro atoms. The molecule has 0 aliphatic heterocycles. The Labute approximate surface area is 203 Å². The highest BCUT2D eigenvalue weighted by Crippen LogP contribution is 2.19. The molecule has 0 aliphatic rings. The normalized spacial score (nSPS) is 9.48. The number of nitrogen functional groups attached to an aromatic ring is 1. The zero-order valence-corrected chi connectivity index (χ0v) is 22.0. The largest absolute Gasteiger partial charge is 0.398 e. The van der Waals surface area contributed by atoms with Crippen LogP contribution in [0.25, 0.3) is 11.0 Å². The Kier molecular flexibility index (Phi) is 11.4. The lowest BCUT2D eigenvalue weighted by atomic mass is 10.1. The van der Waals surface area contributed by atoms with Gasteiger partial charge >= 0.3 is 6.15 Å². The average Bonchev–Trinajstić information content (AvgIpc) is 3.14. The van der Waals surface area contributed by atoms with Crippen molar-refractivity contribution in [3.63, 3.8) is 0 Å². The molecule has 7 nitrogen and oxygen atoms in total. The van der Waals surface area contributed by atoms with E-state index >= 15 is 0 Å². The number of pyridine rings is 2. The molecule has 0 saturated heterocycles. The SMILES string of the molecule is Br.Br.CCc1c(C)nn2cc(C)c(C)cc12.Cc1cc2cc(N)c(C)cn2n1.O=C=O. The fourth-order valence-corrected chi connectivity index (χ4v) is 3.17. The molecule has 0 aromatic carbocycles. The van der Waals surface area contributed by atoms with Gasteiger partial charge in [-0.25, -0.2) is 9.03 Å². The highest BCUT2D eigenvalue weighted by atomic mass is 79.9. The summed E-state index contributed by atoms with van der Waals surface area (Å²) in [5.74, 6) is 0. The first-order valence-corrected chi connectivity index (χ1v) is 9.38. The van der Waals surface area contributed by atoms with Gasteiger partial charge in [-0.2, -0.15) is 19.8 Å². The van der Waals surface area contributed by atoms with Gasteiger partial charge in [0.1, 0.15) is 0 Å². The minimum Gasteiger partial charge on any atom is -0.398 e. The number of halogens is 2. The number of nitrogens with zero attached hydrogens (tertiary/aromatic N) is 4. The summed E-state index contributed by atoms with van der Waals surface area (Å²) in [6, 6.07) is 6.18. The van der Waals surface area contributed by atoms with Crippen LogP contribution in [0.2, 0.25) is 0 Å².